The maximum atomic E-state index is 13.3. The molecule has 1 nitrogen and oxygen atoms in total. The second-order valence-corrected chi connectivity index (χ2v) is 5.01. The van der Waals surface area contributed by atoms with Crippen LogP contribution in [-0.4, -0.2) is 5.11 Å². The van der Waals surface area contributed by atoms with Crippen LogP contribution < -0.4 is 0 Å². The van der Waals surface area contributed by atoms with Crippen molar-refractivity contribution in [3.05, 3.63) is 68.7 Å². The van der Waals surface area contributed by atoms with E-state index in [0.717, 1.165) is 12.1 Å². The molecule has 2 rings (SSSR count). The van der Waals surface area contributed by atoms with E-state index in [1.54, 1.807) is 6.92 Å². The third-order valence-electron chi connectivity index (χ3n) is 2.83. The maximum Gasteiger partial charge on any atom is 0.127 e. The van der Waals surface area contributed by atoms with Crippen LogP contribution in [0.5, 0.6) is 0 Å². The summed E-state index contributed by atoms with van der Waals surface area (Å²) in [5, 5.41) is 10.4. The summed E-state index contributed by atoms with van der Waals surface area (Å²) in [4.78, 5) is 0. The minimum atomic E-state index is -1.14. The Labute approximate surface area is 119 Å². The fraction of sp³-hybridized carbons (Fsp3) is 0.143. The number of benzene rings is 2. The van der Waals surface area contributed by atoms with Gasteiger partial charge in [0.15, 0.2) is 0 Å². The van der Waals surface area contributed by atoms with Gasteiger partial charge in [-0.05, 0) is 36.8 Å². The van der Waals surface area contributed by atoms with Gasteiger partial charge >= 0.3 is 0 Å². The molecule has 1 atom stereocenters. The van der Waals surface area contributed by atoms with Crippen molar-refractivity contribution < 1.29 is 13.9 Å². The normalized spacial score (nSPS) is 12.5. The van der Waals surface area contributed by atoms with E-state index in [1.165, 1.54) is 18.2 Å². The Kier molecular flexibility index (Phi) is 4.09. The number of hydrogen-bond donors (Lipinski definition) is 1. The van der Waals surface area contributed by atoms with Gasteiger partial charge in [-0.3, -0.25) is 0 Å². The Balaban J connectivity index is 2.49. The molecule has 1 N–H and O–H groups in total. The minimum Gasteiger partial charge on any atom is -0.384 e. The molecular weight excluding hydrogens is 293 g/mol. The van der Waals surface area contributed by atoms with Crippen molar-refractivity contribution in [2.24, 2.45) is 0 Å². The van der Waals surface area contributed by atoms with Crippen molar-refractivity contribution in [2.75, 3.05) is 0 Å². The van der Waals surface area contributed by atoms with E-state index >= 15 is 0 Å². The van der Waals surface area contributed by atoms with Gasteiger partial charge in [0.25, 0.3) is 0 Å². The molecule has 0 bridgehead atoms. The SMILES string of the molecule is Cc1cc(C(O)c2ccc(F)cc2Cl)c(Cl)cc1F. The van der Waals surface area contributed by atoms with Gasteiger partial charge in [0.2, 0.25) is 0 Å². The fourth-order valence-electron chi connectivity index (χ4n) is 1.78. The van der Waals surface area contributed by atoms with Crippen LogP contribution in [0.25, 0.3) is 0 Å². The topological polar surface area (TPSA) is 20.2 Å². The lowest BCUT2D eigenvalue weighted by Crippen LogP contribution is -2.03. The van der Waals surface area contributed by atoms with E-state index in [-0.39, 0.29) is 10.0 Å². The second kappa shape index (κ2) is 5.45. The molecule has 100 valence electrons. The Hall–Kier alpha value is -1.16. The van der Waals surface area contributed by atoms with Gasteiger partial charge in [-0.1, -0.05) is 29.3 Å². The van der Waals surface area contributed by atoms with Crippen molar-refractivity contribution >= 4 is 23.2 Å². The summed E-state index contributed by atoms with van der Waals surface area (Å²) >= 11 is 11.8. The first-order valence-corrected chi connectivity index (χ1v) is 6.24. The second-order valence-electron chi connectivity index (χ2n) is 4.19. The zero-order chi connectivity index (χ0) is 14.2. The average molecular weight is 303 g/mol. The molecule has 0 fully saturated rings. The first-order chi connectivity index (χ1) is 8.90. The van der Waals surface area contributed by atoms with Crippen molar-refractivity contribution in [2.45, 2.75) is 13.0 Å². The molecule has 1 unspecified atom stereocenters. The lowest BCUT2D eigenvalue weighted by atomic mass is 9.99. The smallest absolute Gasteiger partial charge is 0.127 e. The van der Waals surface area contributed by atoms with E-state index < -0.39 is 17.7 Å². The molecule has 0 heterocycles. The van der Waals surface area contributed by atoms with Gasteiger partial charge < -0.3 is 5.11 Å². The monoisotopic (exact) mass is 302 g/mol. The van der Waals surface area contributed by atoms with Gasteiger partial charge in [-0.15, -0.1) is 0 Å². The van der Waals surface area contributed by atoms with Gasteiger partial charge in [0, 0.05) is 21.2 Å². The highest BCUT2D eigenvalue weighted by Crippen LogP contribution is 2.33. The Morgan fingerprint density at radius 1 is 1.00 bits per heavy atom. The van der Waals surface area contributed by atoms with Gasteiger partial charge in [0.05, 0.1) is 0 Å². The van der Waals surface area contributed by atoms with Gasteiger partial charge in [0.1, 0.15) is 17.7 Å². The molecule has 0 radical (unpaired) electrons. The third kappa shape index (κ3) is 2.89. The molecule has 2 aromatic carbocycles. The van der Waals surface area contributed by atoms with E-state index in [1.807, 2.05) is 0 Å². The molecule has 0 aromatic heterocycles. The summed E-state index contributed by atoms with van der Waals surface area (Å²) in [6.07, 6.45) is -1.14. The molecule has 5 heteroatoms. The molecule has 0 saturated heterocycles. The van der Waals surface area contributed by atoms with E-state index in [4.69, 9.17) is 23.2 Å². The molecule has 0 spiro atoms. The fourth-order valence-corrected chi connectivity index (χ4v) is 2.30. The molecule has 0 aliphatic rings. The first kappa shape index (κ1) is 14.3. The lowest BCUT2D eigenvalue weighted by Gasteiger charge is -2.15. The molecule has 19 heavy (non-hydrogen) atoms. The summed E-state index contributed by atoms with van der Waals surface area (Å²) in [5.41, 5.74) is 1.00. The Bertz CT molecular complexity index is 629. The number of aliphatic hydroxyl groups is 1. The molecule has 0 amide bonds. The average Bonchev–Trinajstić information content (AvgIpc) is 2.33. The van der Waals surface area contributed by atoms with Crippen LogP contribution in [0.3, 0.4) is 0 Å². The number of aliphatic hydroxyl groups excluding tert-OH is 1. The van der Waals surface area contributed by atoms with E-state index in [9.17, 15) is 13.9 Å². The zero-order valence-electron chi connectivity index (χ0n) is 9.92. The van der Waals surface area contributed by atoms with Crippen LogP contribution in [0.2, 0.25) is 10.0 Å². The van der Waals surface area contributed by atoms with Crippen molar-refractivity contribution in [3.63, 3.8) is 0 Å². The van der Waals surface area contributed by atoms with Crippen molar-refractivity contribution in [3.8, 4) is 0 Å². The predicted octanol–water partition coefficient (Wildman–Crippen LogP) is 4.66. The predicted molar refractivity (Wildman–Crippen MR) is 71.6 cm³/mol. The zero-order valence-corrected chi connectivity index (χ0v) is 11.4. The minimum absolute atomic E-state index is 0.0885. The Morgan fingerprint density at radius 2 is 1.63 bits per heavy atom. The first-order valence-electron chi connectivity index (χ1n) is 5.48. The van der Waals surface area contributed by atoms with Crippen LogP contribution >= 0.6 is 23.2 Å². The summed E-state index contributed by atoms with van der Waals surface area (Å²) in [5.74, 6) is -0.950. The molecular formula is C14H10Cl2F2O. The van der Waals surface area contributed by atoms with E-state index in [0.29, 0.717) is 16.7 Å². The number of hydrogen-bond acceptors (Lipinski definition) is 1. The quantitative estimate of drug-likeness (QED) is 0.855. The molecule has 0 aliphatic heterocycles. The molecule has 0 aliphatic carbocycles. The Morgan fingerprint density at radius 3 is 2.26 bits per heavy atom. The number of rotatable bonds is 2. The van der Waals surface area contributed by atoms with Crippen molar-refractivity contribution in [1.29, 1.82) is 0 Å². The highest BCUT2D eigenvalue weighted by molar-refractivity contribution is 6.32. The van der Waals surface area contributed by atoms with Crippen LogP contribution in [0, 0.1) is 18.6 Å². The third-order valence-corrected chi connectivity index (χ3v) is 3.48. The molecule has 0 saturated carbocycles. The summed E-state index contributed by atoms with van der Waals surface area (Å²) < 4.78 is 26.3. The van der Waals surface area contributed by atoms with Crippen LogP contribution in [0.4, 0.5) is 8.78 Å². The standard InChI is InChI=1S/C14H10Cl2F2O/c1-7-4-10(12(16)6-13(7)18)14(19)9-3-2-8(17)5-11(9)15/h2-6,14,19H,1H3. The number of aryl methyl sites for hydroxylation is 1. The van der Waals surface area contributed by atoms with Crippen LogP contribution in [0.15, 0.2) is 30.3 Å². The summed E-state index contributed by atoms with van der Waals surface area (Å²) in [6.45, 7) is 1.56. The largest absolute Gasteiger partial charge is 0.384 e. The summed E-state index contributed by atoms with van der Waals surface area (Å²) in [6, 6.07) is 6.24. The molecule has 2 aromatic rings. The van der Waals surface area contributed by atoms with Gasteiger partial charge in [-0.2, -0.15) is 0 Å². The number of halogens is 4. The highest BCUT2D eigenvalue weighted by atomic mass is 35.5. The summed E-state index contributed by atoms with van der Waals surface area (Å²) in [7, 11) is 0. The van der Waals surface area contributed by atoms with Crippen LogP contribution in [-0.2, 0) is 0 Å². The van der Waals surface area contributed by atoms with Crippen molar-refractivity contribution in [1.82, 2.24) is 0 Å². The lowest BCUT2D eigenvalue weighted by molar-refractivity contribution is 0.220. The van der Waals surface area contributed by atoms with E-state index in [2.05, 4.69) is 0 Å². The van der Waals surface area contributed by atoms with Crippen LogP contribution in [0.1, 0.15) is 22.8 Å². The maximum absolute atomic E-state index is 13.3. The highest BCUT2D eigenvalue weighted by Gasteiger charge is 2.18. The van der Waals surface area contributed by atoms with Gasteiger partial charge in [-0.25, -0.2) is 8.78 Å².